The highest BCUT2D eigenvalue weighted by molar-refractivity contribution is 7.92. The predicted molar refractivity (Wildman–Crippen MR) is 158 cm³/mol. The molecule has 1 N–H and O–H groups in total. The third kappa shape index (κ3) is 7.64. The first-order valence-electron chi connectivity index (χ1n) is 12.7. The zero-order valence-electron chi connectivity index (χ0n) is 23.0. The molecule has 0 saturated heterocycles. The summed E-state index contributed by atoms with van der Waals surface area (Å²) >= 11 is 0. The Morgan fingerprint density at radius 2 is 1.63 bits per heavy atom. The van der Waals surface area contributed by atoms with Gasteiger partial charge in [0.1, 0.15) is 18.9 Å². The Labute approximate surface area is 240 Å². The number of amides is 1. The molecule has 9 nitrogen and oxygen atoms in total. The van der Waals surface area contributed by atoms with Crippen molar-refractivity contribution in [3.8, 4) is 17.2 Å². The van der Waals surface area contributed by atoms with Crippen LogP contribution in [0.15, 0.2) is 107 Å². The van der Waals surface area contributed by atoms with E-state index in [4.69, 9.17) is 14.2 Å². The van der Waals surface area contributed by atoms with Crippen LogP contribution in [0, 0.1) is 6.92 Å². The number of carbonyl (C=O) groups excluding carboxylic acids is 1. The summed E-state index contributed by atoms with van der Waals surface area (Å²) in [6.07, 6.45) is 1.44. The predicted octanol–water partition coefficient (Wildman–Crippen LogP) is 4.94. The largest absolute Gasteiger partial charge is 0.497 e. The van der Waals surface area contributed by atoms with Crippen LogP contribution in [0.2, 0.25) is 0 Å². The maximum Gasteiger partial charge on any atom is 0.264 e. The second-order valence-electron chi connectivity index (χ2n) is 9.00. The average Bonchev–Trinajstić information content (AvgIpc) is 2.99. The zero-order valence-corrected chi connectivity index (χ0v) is 23.8. The number of hydrogen-bond acceptors (Lipinski definition) is 7. The van der Waals surface area contributed by atoms with E-state index in [-0.39, 0.29) is 10.6 Å². The number of aryl methyl sites for hydroxylation is 1. The molecule has 0 heterocycles. The standard InChI is InChI=1S/C31H31N3O6S/c1-23-12-15-28(16-13-23)41(36,37)34(26-10-7-11-27(19-26)38-2)21-31(35)33-32-20-25-14-17-29(30(18-25)39-3)40-22-24-8-5-4-6-9-24/h4-20H,21-22H2,1-3H3,(H,33,35)/b32-20-. The van der Waals surface area contributed by atoms with Gasteiger partial charge >= 0.3 is 0 Å². The smallest absolute Gasteiger partial charge is 0.264 e. The molecule has 0 aliphatic rings. The fourth-order valence-corrected chi connectivity index (χ4v) is 5.29. The van der Waals surface area contributed by atoms with Gasteiger partial charge < -0.3 is 14.2 Å². The first-order valence-corrected chi connectivity index (χ1v) is 14.1. The summed E-state index contributed by atoms with van der Waals surface area (Å²) in [5.41, 5.74) is 5.27. The lowest BCUT2D eigenvalue weighted by molar-refractivity contribution is -0.119. The van der Waals surface area contributed by atoms with E-state index >= 15 is 0 Å². The van der Waals surface area contributed by atoms with Gasteiger partial charge in [-0.25, -0.2) is 13.8 Å². The topological polar surface area (TPSA) is 107 Å². The van der Waals surface area contributed by atoms with Gasteiger partial charge in [0.25, 0.3) is 15.9 Å². The summed E-state index contributed by atoms with van der Waals surface area (Å²) in [6.45, 7) is 1.74. The van der Waals surface area contributed by atoms with Gasteiger partial charge in [-0.2, -0.15) is 5.10 Å². The molecule has 0 atom stereocenters. The summed E-state index contributed by atoms with van der Waals surface area (Å²) in [6, 6.07) is 27.9. The summed E-state index contributed by atoms with van der Waals surface area (Å²) in [7, 11) is -1.05. The van der Waals surface area contributed by atoms with Crippen LogP contribution in [0.1, 0.15) is 16.7 Å². The first kappa shape index (κ1) is 29.2. The molecule has 10 heteroatoms. The number of nitrogens with one attached hydrogen (secondary N) is 1. The summed E-state index contributed by atoms with van der Waals surface area (Å²) in [4.78, 5) is 13.0. The number of rotatable bonds is 12. The number of hydrazone groups is 1. The van der Waals surface area contributed by atoms with Crippen molar-refractivity contribution < 1.29 is 27.4 Å². The molecular weight excluding hydrogens is 542 g/mol. The molecule has 41 heavy (non-hydrogen) atoms. The molecule has 4 aromatic carbocycles. The molecule has 4 rings (SSSR count). The fourth-order valence-electron chi connectivity index (χ4n) is 3.88. The van der Waals surface area contributed by atoms with Crippen molar-refractivity contribution in [3.05, 3.63) is 114 Å². The van der Waals surface area contributed by atoms with Crippen LogP contribution in [0.5, 0.6) is 17.2 Å². The van der Waals surface area contributed by atoms with E-state index in [0.717, 1.165) is 15.4 Å². The van der Waals surface area contributed by atoms with Crippen molar-refractivity contribution in [2.45, 2.75) is 18.4 Å². The lowest BCUT2D eigenvalue weighted by Gasteiger charge is -2.24. The van der Waals surface area contributed by atoms with Crippen molar-refractivity contribution in [1.29, 1.82) is 0 Å². The number of benzene rings is 4. The Kier molecular flexibility index (Phi) is 9.60. The van der Waals surface area contributed by atoms with Gasteiger partial charge in [0.05, 0.1) is 31.0 Å². The number of ether oxygens (including phenoxy) is 3. The number of hydrogen-bond donors (Lipinski definition) is 1. The molecule has 0 fully saturated rings. The highest BCUT2D eigenvalue weighted by Gasteiger charge is 2.27. The highest BCUT2D eigenvalue weighted by atomic mass is 32.2. The normalized spacial score (nSPS) is 11.2. The Morgan fingerprint density at radius 1 is 0.878 bits per heavy atom. The number of methoxy groups -OCH3 is 2. The van der Waals surface area contributed by atoms with Crippen molar-refractivity contribution in [2.75, 3.05) is 25.1 Å². The molecule has 0 spiro atoms. The van der Waals surface area contributed by atoms with Crippen LogP contribution in [-0.4, -0.2) is 41.3 Å². The van der Waals surface area contributed by atoms with Crippen LogP contribution in [0.4, 0.5) is 5.69 Å². The Hall–Kier alpha value is -4.83. The quantitative estimate of drug-likeness (QED) is 0.190. The maximum atomic E-state index is 13.6. The summed E-state index contributed by atoms with van der Waals surface area (Å²) < 4.78 is 44.7. The third-order valence-corrected chi connectivity index (χ3v) is 7.85. The lowest BCUT2D eigenvalue weighted by atomic mass is 10.2. The second kappa shape index (κ2) is 13.5. The average molecular weight is 574 g/mol. The minimum absolute atomic E-state index is 0.0592. The molecule has 0 aliphatic heterocycles. The zero-order chi connectivity index (χ0) is 29.2. The fraction of sp³-hybridized carbons (Fsp3) is 0.161. The second-order valence-corrected chi connectivity index (χ2v) is 10.9. The number of anilines is 1. The Morgan fingerprint density at radius 3 is 2.34 bits per heavy atom. The Bertz CT molecular complexity index is 1610. The van der Waals surface area contributed by atoms with E-state index in [1.807, 2.05) is 37.3 Å². The number of sulfonamides is 1. The van der Waals surface area contributed by atoms with E-state index < -0.39 is 22.5 Å². The number of carbonyl (C=O) groups is 1. The Balaban J connectivity index is 1.47. The van der Waals surface area contributed by atoms with Crippen molar-refractivity contribution in [1.82, 2.24) is 5.43 Å². The van der Waals surface area contributed by atoms with Gasteiger partial charge in [0.15, 0.2) is 11.5 Å². The van der Waals surface area contributed by atoms with E-state index in [1.165, 1.54) is 32.6 Å². The molecule has 0 radical (unpaired) electrons. The molecule has 0 saturated carbocycles. The first-order chi connectivity index (χ1) is 19.8. The van der Waals surface area contributed by atoms with E-state index in [0.29, 0.717) is 29.4 Å². The van der Waals surface area contributed by atoms with E-state index in [1.54, 1.807) is 54.6 Å². The van der Waals surface area contributed by atoms with Gasteiger partial charge in [0.2, 0.25) is 0 Å². The van der Waals surface area contributed by atoms with Crippen LogP contribution >= 0.6 is 0 Å². The monoisotopic (exact) mass is 573 g/mol. The molecule has 0 bridgehead atoms. The van der Waals surface area contributed by atoms with Gasteiger partial charge in [-0.1, -0.05) is 54.1 Å². The maximum absolute atomic E-state index is 13.6. The molecule has 1 amide bonds. The van der Waals surface area contributed by atoms with Gasteiger partial charge in [-0.15, -0.1) is 0 Å². The highest BCUT2D eigenvalue weighted by Crippen LogP contribution is 2.29. The molecule has 0 aromatic heterocycles. The van der Waals surface area contributed by atoms with Crippen molar-refractivity contribution in [2.24, 2.45) is 5.10 Å². The molecule has 212 valence electrons. The van der Waals surface area contributed by atoms with Crippen LogP contribution in [-0.2, 0) is 21.4 Å². The molecule has 0 aliphatic carbocycles. The molecular formula is C31H31N3O6S. The van der Waals surface area contributed by atoms with E-state index in [2.05, 4.69) is 10.5 Å². The van der Waals surface area contributed by atoms with Crippen molar-refractivity contribution in [3.63, 3.8) is 0 Å². The van der Waals surface area contributed by atoms with Crippen molar-refractivity contribution >= 4 is 27.8 Å². The van der Waals surface area contributed by atoms with Crippen LogP contribution in [0.3, 0.4) is 0 Å². The molecule has 0 unspecified atom stereocenters. The lowest BCUT2D eigenvalue weighted by Crippen LogP contribution is -2.39. The van der Waals surface area contributed by atoms with Gasteiger partial charge in [-0.05, 0) is 60.5 Å². The van der Waals surface area contributed by atoms with Gasteiger partial charge in [-0.3, -0.25) is 9.10 Å². The van der Waals surface area contributed by atoms with Crippen LogP contribution < -0.4 is 23.9 Å². The minimum atomic E-state index is -4.07. The minimum Gasteiger partial charge on any atom is -0.497 e. The molecule has 4 aromatic rings. The van der Waals surface area contributed by atoms with Crippen LogP contribution in [0.25, 0.3) is 0 Å². The summed E-state index contributed by atoms with van der Waals surface area (Å²) in [5, 5.41) is 4.02. The summed E-state index contributed by atoms with van der Waals surface area (Å²) in [5.74, 6) is 0.891. The SMILES string of the molecule is COc1cccc(N(CC(=O)N/N=C\c2ccc(OCc3ccccc3)c(OC)c2)S(=O)(=O)c2ccc(C)cc2)c1. The number of nitrogens with zero attached hydrogens (tertiary/aromatic N) is 2. The van der Waals surface area contributed by atoms with Gasteiger partial charge in [0, 0.05) is 6.07 Å². The third-order valence-electron chi connectivity index (χ3n) is 6.07. The van der Waals surface area contributed by atoms with E-state index in [9.17, 15) is 13.2 Å².